The quantitative estimate of drug-likeness (QED) is 0.157. The minimum Gasteiger partial charge on any atom is -0.309 e. The smallest absolute Gasteiger partial charge is 0.0541 e. The van der Waals surface area contributed by atoms with Gasteiger partial charge < -0.3 is 9.13 Å². The summed E-state index contributed by atoms with van der Waals surface area (Å²) in [6, 6.07) is 70.0. The topological polar surface area (TPSA) is 9.86 Å². The highest BCUT2D eigenvalue weighted by atomic mass is 15.0. The van der Waals surface area contributed by atoms with Gasteiger partial charge in [0.2, 0.25) is 0 Å². The fourth-order valence-electron chi connectivity index (χ4n) is 7.85. The Hall–Kier alpha value is -6.90. The van der Waals surface area contributed by atoms with Crippen LogP contribution < -0.4 is 0 Å². The molecule has 8 aromatic carbocycles. The Morgan fingerprint density at radius 2 is 0.692 bits per heavy atom. The van der Waals surface area contributed by atoms with E-state index in [-0.39, 0.29) is 0 Å². The van der Waals surface area contributed by atoms with Gasteiger partial charge in [0.15, 0.2) is 0 Å². The molecule has 2 aromatic heterocycles. The van der Waals surface area contributed by atoms with Crippen molar-refractivity contribution in [2.24, 2.45) is 0 Å². The van der Waals surface area contributed by atoms with Crippen molar-refractivity contribution in [3.8, 4) is 33.6 Å². The number of hydrogen-bond acceptors (Lipinski definition) is 0. The van der Waals surface area contributed by atoms with E-state index in [4.69, 9.17) is 0 Å². The summed E-state index contributed by atoms with van der Waals surface area (Å²) in [5, 5.41) is 5.08. The molecule has 2 nitrogen and oxygen atoms in total. The van der Waals surface area contributed by atoms with Crippen LogP contribution in [0.5, 0.6) is 0 Å². The molecular weight excluding hydrogens is 629 g/mol. The van der Waals surface area contributed by atoms with E-state index in [0.717, 1.165) is 5.69 Å². The highest BCUT2D eigenvalue weighted by molar-refractivity contribution is 6.11. The maximum absolute atomic E-state index is 2.36. The maximum atomic E-state index is 2.36. The SMILES string of the molecule is C(=C\c1cccc(-c2ccc3c(c2)c2ccccc2n3-c2ccccc2)c1)/c1cccc(-c2ccc(-n3c4ccccc4c4ccccc43)cc2)c1. The van der Waals surface area contributed by atoms with Crippen molar-refractivity contribution in [1.82, 2.24) is 9.13 Å². The molecule has 0 bridgehead atoms. The summed E-state index contributed by atoms with van der Waals surface area (Å²) < 4.78 is 4.73. The highest BCUT2D eigenvalue weighted by Crippen LogP contribution is 2.36. The number of rotatable bonds is 6. The Morgan fingerprint density at radius 1 is 0.269 bits per heavy atom. The Kier molecular flexibility index (Phi) is 7.18. The largest absolute Gasteiger partial charge is 0.309 e. The van der Waals surface area contributed by atoms with Crippen LogP contribution in [0.15, 0.2) is 194 Å². The van der Waals surface area contributed by atoms with E-state index < -0.39 is 0 Å². The first-order chi connectivity index (χ1) is 25.8. The molecule has 0 amide bonds. The Balaban J connectivity index is 0.938. The second-order valence-corrected chi connectivity index (χ2v) is 13.4. The fraction of sp³-hybridized carbons (Fsp3) is 0. The minimum atomic E-state index is 1.16. The molecule has 52 heavy (non-hydrogen) atoms. The second kappa shape index (κ2) is 12.5. The Bertz CT molecular complexity index is 2890. The molecule has 2 heteroatoms. The lowest BCUT2D eigenvalue weighted by Crippen LogP contribution is -1.93. The zero-order valence-corrected chi connectivity index (χ0v) is 28.5. The summed E-state index contributed by atoms with van der Waals surface area (Å²) in [7, 11) is 0. The third-order valence-electron chi connectivity index (χ3n) is 10.3. The molecule has 0 unspecified atom stereocenters. The van der Waals surface area contributed by atoms with E-state index in [0.29, 0.717) is 0 Å². The van der Waals surface area contributed by atoms with Crippen molar-refractivity contribution < 1.29 is 0 Å². The van der Waals surface area contributed by atoms with Gasteiger partial charge in [0.25, 0.3) is 0 Å². The van der Waals surface area contributed by atoms with Crippen LogP contribution in [0.3, 0.4) is 0 Å². The summed E-state index contributed by atoms with van der Waals surface area (Å²) in [6.07, 6.45) is 4.43. The second-order valence-electron chi connectivity index (χ2n) is 13.4. The van der Waals surface area contributed by atoms with Crippen molar-refractivity contribution >= 4 is 55.8 Å². The average Bonchev–Trinajstić information content (AvgIpc) is 3.73. The molecule has 0 aliphatic carbocycles. The maximum Gasteiger partial charge on any atom is 0.0541 e. The molecule has 0 aliphatic heterocycles. The molecular formula is C50H34N2. The van der Waals surface area contributed by atoms with E-state index in [1.807, 2.05) is 0 Å². The molecule has 0 spiro atoms. The number of fused-ring (bicyclic) bond motifs is 6. The first kappa shape index (κ1) is 30.0. The van der Waals surface area contributed by atoms with Gasteiger partial charge in [-0.2, -0.15) is 0 Å². The van der Waals surface area contributed by atoms with E-state index >= 15 is 0 Å². The van der Waals surface area contributed by atoms with Gasteiger partial charge in [0.1, 0.15) is 0 Å². The molecule has 0 atom stereocenters. The number of benzene rings is 8. The number of para-hydroxylation sites is 4. The van der Waals surface area contributed by atoms with Crippen LogP contribution in [-0.2, 0) is 0 Å². The van der Waals surface area contributed by atoms with Crippen LogP contribution in [0, 0.1) is 0 Å². The summed E-state index contributed by atoms with van der Waals surface area (Å²) in [6.45, 7) is 0. The lowest BCUT2D eigenvalue weighted by molar-refractivity contribution is 1.18. The Morgan fingerprint density at radius 3 is 1.27 bits per heavy atom. The molecule has 0 radical (unpaired) electrons. The number of aromatic nitrogens is 2. The first-order valence-electron chi connectivity index (χ1n) is 17.8. The molecule has 0 saturated carbocycles. The lowest BCUT2D eigenvalue weighted by atomic mass is 9.99. The summed E-state index contributed by atoms with van der Waals surface area (Å²) >= 11 is 0. The molecule has 0 saturated heterocycles. The molecule has 0 aliphatic rings. The van der Waals surface area contributed by atoms with Gasteiger partial charge in [0, 0.05) is 32.9 Å². The van der Waals surface area contributed by atoms with Crippen molar-refractivity contribution in [2.45, 2.75) is 0 Å². The van der Waals surface area contributed by atoms with Crippen molar-refractivity contribution in [3.63, 3.8) is 0 Å². The van der Waals surface area contributed by atoms with Gasteiger partial charge in [0.05, 0.1) is 22.1 Å². The third kappa shape index (κ3) is 5.12. The zero-order chi connectivity index (χ0) is 34.4. The van der Waals surface area contributed by atoms with Crippen LogP contribution in [0.1, 0.15) is 11.1 Å². The summed E-state index contributed by atoms with van der Waals surface area (Å²) in [5.41, 5.74) is 14.4. The number of hydrogen-bond donors (Lipinski definition) is 0. The van der Waals surface area contributed by atoms with Crippen LogP contribution in [0.2, 0.25) is 0 Å². The van der Waals surface area contributed by atoms with E-state index in [1.165, 1.54) is 82.7 Å². The van der Waals surface area contributed by atoms with E-state index in [2.05, 4.69) is 215 Å². The predicted molar refractivity (Wildman–Crippen MR) is 221 cm³/mol. The fourth-order valence-corrected chi connectivity index (χ4v) is 7.85. The molecule has 0 fully saturated rings. The van der Waals surface area contributed by atoms with Crippen molar-refractivity contribution in [3.05, 3.63) is 205 Å². The van der Waals surface area contributed by atoms with Gasteiger partial charge in [-0.15, -0.1) is 0 Å². The molecule has 244 valence electrons. The minimum absolute atomic E-state index is 1.16. The van der Waals surface area contributed by atoms with Crippen molar-refractivity contribution in [2.75, 3.05) is 0 Å². The monoisotopic (exact) mass is 662 g/mol. The molecule has 10 rings (SSSR count). The standard InChI is InChI=1S/C50H34N2/c1-2-16-41(17-3-1)51-49-23-9-6-20-45(49)46-34-40(28-31-50(46)51)39-15-11-13-36(33-39)25-24-35-12-10-14-38(32-35)37-26-29-42(30-27-37)52-47-21-7-4-18-43(47)44-19-5-8-22-48(44)52/h1-34H/b25-24+. The lowest BCUT2D eigenvalue weighted by Gasteiger charge is -2.10. The summed E-state index contributed by atoms with van der Waals surface area (Å²) in [5.74, 6) is 0. The van der Waals surface area contributed by atoms with Crippen LogP contribution in [-0.4, -0.2) is 9.13 Å². The van der Waals surface area contributed by atoms with Crippen LogP contribution in [0.4, 0.5) is 0 Å². The normalized spacial score (nSPS) is 11.8. The molecule has 10 aromatic rings. The van der Waals surface area contributed by atoms with Gasteiger partial charge in [-0.05, 0) is 100 Å². The highest BCUT2D eigenvalue weighted by Gasteiger charge is 2.14. The van der Waals surface area contributed by atoms with E-state index in [9.17, 15) is 0 Å². The van der Waals surface area contributed by atoms with Crippen LogP contribution >= 0.6 is 0 Å². The van der Waals surface area contributed by atoms with Gasteiger partial charge in [-0.25, -0.2) is 0 Å². The van der Waals surface area contributed by atoms with Crippen LogP contribution in [0.25, 0.3) is 89.4 Å². The average molecular weight is 663 g/mol. The molecule has 2 heterocycles. The molecule has 0 N–H and O–H groups in total. The van der Waals surface area contributed by atoms with Crippen molar-refractivity contribution in [1.29, 1.82) is 0 Å². The van der Waals surface area contributed by atoms with Gasteiger partial charge >= 0.3 is 0 Å². The Labute approximate surface area is 302 Å². The predicted octanol–water partition coefficient (Wildman–Crippen LogP) is 13.4. The van der Waals surface area contributed by atoms with E-state index in [1.54, 1.807) is 0 Å². The van der Waals surface area contributed by atoms with Gasteiger partial charge in [-0.1, -0.05) is 140 Å². The zero-order valence-electron chi connectivity index (χ0n) is 28.5. The summed E-state index contributed by atoms with van der Waals surface area (Å²) in [4.78, 5) is 0. The number of nitrogens with zero attached hydrogens (tertiary/aromatic N) is 2. The third-order valence-corrected chi connectivity index (χ3v) is 10.3. The van der Waals surface area contributed by atoms with Gasteiger partial charge in [-0.3, -0.25) is 0 Å². The first-order valence-corrected chi connectivity index (χ1v) is 17.8.